The molecule has 0 radical (unpaired) electrons. The fraction of sp³-hybridized carbons (Fsp3) is 0.429. The summed E-state index contributed by atoms with van der Waals surface area (Å²) in [7, 11) is 1.34. The molecule has 2 rings (SSSR count). The van der Waals surface area contributed by atoms with Crippen molar-refractivity contribution >= 4 is 11.9 Å². The van der Waals surface area contributed by atoms with Gasteiger partial charge in [-0.1, -0.05) is 37.3 Å². The molecule has 140 valence electrons. The van der Waals surface area contributed by atoms with Crippen molar-refractivity contribution in [1.82, 2.24) is 10.3 Å². The van der Waals surface area contributed by atoms with Gasteiger partial charge in [-0.25, -0.2) is 4.79 Å². The number of aromatic nitrogens is 1. The van der Waals surface area contributed by atoms with Crippen LogP contribution in [0.5, 0.6) is 0 Å². The molecule has 1 heterocycles. The molecule has 5 heteroatoms. The van der Waals surface area contributed by atoms with Crippen molar-refractivity contribution in [3.8, 4) is 0 Å². The van der Waals surface area contributed by atoms with Crippen LogP contribution in [0.1, 0.15) is 41.4 Å². The summed E-state index contributed by atoms with van der Waals surface area (Å²) in [6.07, 6.45) is 2.34. The lowest BCUT2D eigenvalue weighted by Crippen LogP contribution is -2.43. The molecule has 1 aromatic carbocycles. The van der Waals surface area contributed by atoms with Crippen LogP contribution in [0, 0.1) is 13.8 Å². The van der Waals surface area contributed by atoms with Crippen molar-refractivity contribution in [2.75, 3.05) is 7.11 Å². The standard InChI is InChI=1S/C21H28N2O3/c1-5-17-14(2)18(22-15(17)3)11-12-20(24)23-19(21(25)26-4)13-16-9-7-6-8-10-16/h6-10,19,22H,5,11-13H2,1-4H3,(H,23,24). The summed E-state index contributed by atoms with van der Waals surface area (Å²) < 4.78 is 4.84. The number of H-pyrrole nitrogens is 1. The zero-order valence-corrected chi connectivity index (χ0v) is 16.0. The molecule has 0 bridgehead atoms. The highest BCUT2D eigenvalue weighted by atomic mass is 16.5. The number of aromatic amines is 1. The normalized spacial score (nSPS) is 11.8. The zero-order chi connectivity index (χ0) is 19.1. The fourth-order valence-electron chi connectivity index (χ4n) is 3.33. The molecule has 0 saturated carbocycles. The summed E-state index contributed by atoms with van der Waals surface area (Å²) >= 11 is 0. The van der Waals surface area contributed by atoms with E-state index in [1.54, 1.807) is 0 Å². The molecular formula is C21H28N2O3. The summed E-state index contributed by atoms with van der Waals surface area (Å²) in [6.45, 7) is 6.27. The fourth-order valence-corrected chi connectivity index (χ4v) is 3.33. The molecule has 0 aliphatic carbocycles. The number of hydrogen-bond acceptors (Lipinski definition) is 3. The smallest absolute Gasteiger partial charge is 0.328 e. The molecule has 0 aliphatic heterocycles. The Morgan fingerprint density at radius 2 is 1.88 bits per heavy atom. The van der Waals surface area contributed by atoms with Crippen LogP contribution in [-0.2, 0) is 33.6 Å². The van der Waals surface area contributed by atoms with E-state index in [0.717, 1.165) is 23.4 Å². The first kappa shape index (κ1) is 19.8. The Labute approximate surface area is 155 Å². The molecule has 26 heavy (non-hydrogen) atoms. The second kappa shape index (κ2) is 9.22. The van der Waals surface area contributed by atoms with E-state index < -0.39 is 12.0 Å². The van der Waals surface area contributed by atoms with Crippen LogP contribution in [0.2, 0.25) is 0 Å². The second-order valence-corrected chi connectivity index (χ2v) is 6.52. The Hall–Kier alpha value is -2.56. The molecule has 1 atom stereocenters. The van der Waals surface area contributed by atoms with E-state index in [1.807, 2.05) is 30.3 Å². The molecule has 0 aliphatic rings. The number of carbonyl (C=O) groups excluding carboxylic acids is 2. The molecule has 1 unspecified atom stereocenters. The number of hydrogen-bond donors (Lipinski definition) is 2. The summed E-state index contributed by atoms with van der Waals surface area (Å²) in [5, 5.41) is 2.81. The third kappa shape index (κ3) is 4.97. The van der Waals surface area contributed by atoms with Crippen LogP contribution in [-0.4, -0.2) is 30.0 Å². The van der Waals surface area contributed by atoms with Gasteiger partial charge >= 0.3 is 5.97 Å². The average molecular weight is 356 g/mol. The first-order valence-electron chi connectivity index (χ1n) is 9.04. The Kier molecular flexibility index (Phi) is 7.01. The lowest BCUT2D eigenvalue weighted by atomic mass is 10.0. The van der Waals surface area contributed by atoms with Gasteiger partial charge in [-0.2, -0.15) is 0 Å². The number of ether oxygens (including phenoxy) is 1. The molecule has 0 spiro atoms. The van der Waals surface area contributed by atoms with Gasteiger partial charge in [0.25, 0.3) is 0 Å². The maximum absolute atomic E-state index is 12.4. The largest absolute Gasteiger partial charge is 0.467 e. The minimum Gasteiger partial charge on any atom is -0.467 e. The number of carbonyl (C=O) groups is 2. The average Bonchev–Trinajstić information content (AvgIpc) is 2.92. The molecule has 5 nitrogen and oxygen atoms in total. The van der Waals surface area contributed by atoms with Crippen LogP contribution < -0.4 is 5.32 Å². The van der Waals surface area contributed by atoms with Crippen LogP contribution in [0.4, 0.5) is 0 Å². The monoisotopic (exact) mass is 356 g/mol. The van der Waals surface area contributed by atoms with E-state index in [4.69, 9.17) is 4.74 Å². The maximum atomic E-state index is 12.4. The van der Waals surface area contributed by atoms with E-state index in [-0.39, 0.29) is 5.91 Å². The SMILES string of the molecule is CCc1c(C)[nH]c(CCC(=O)NC(Cc2ccccc2)C(=O)OC)c1C. The van der Waals surface area contributed by atoms with E-state index >= 15 is 0 Å². The molecule has 0 fully saturated rings. The van der Waals surface area contributed by atoms with Crippen LogP contribution in [0.15, 0.2) is 30.3 Å². The third-order valence-electron chi connectivity index (χ3n) is 4.76. The Morgan fingerprint density at radius 1 is 1.19 bits per heavy atom. The number of methoxy groups -OCH3 is 1. The predicted octanol–water partition coefficient (Wildman–Crippen LogP) is 3.03. The van der Waals surface area contributed by atoms with E-state index in [1.165, 1.54) is 18.2 Å². The van der Waals surface area contributed by atoms with Crippen molar-refractivity contribution in [3.05, 3.63) is 58.4 Å². The van der Waals surface area contributed by atoms with E-state index in [2.05, 4.69) is 31.1 Å². The van der Waals surface area contributed by atoms with Crippen LogP contribution in [0.25, 0.3) is 0 Å². The van der Waals surface area contributed by atoms with Gasteiger partial charge in [0.2, 0.25) is 5.91 Å². The number of amides is 1. The molecule has 1 amide bonds. The van der Waals surface area contributed by atoms with Gasteiger partial charge in [-0.3, -0.25) is 4.79 Å². The van der Waals surface area contributed by atoms with Gasteiger partial charge in [-0.05, 0) is 43.4 Å². The molecule has 0 saturated heterocycles. The minimum atomic E-state index is -0.674. The van der Waals surface area contributed by atoms with E-state index in [0.29, 0.717) is 19.3 Å². The first-order valence-corrected chi connectivity index (χ1v) is 9.04. The van der Waals surface area contributed by atoms with Crippen molar-refractivity contribution in [2.45, 2.75) is 52.5 Å². The number of benzene rings is 1. The molecule has 2 aromatic rings. The number of nitrogens with one attached hydrogen (secondary N) is 2. The molecule has 2 N–H and O–H groups in total. The second-order valence-electron chi connectivity index (χ2n) is 6.52. The highest BCUT2D eigenvalue weighted by Crippen LogP contribution is 2.19. The van der Waals surface area contributed by atoms with E-state index in [9.17, 15) is 9.59 Å². The van der Waals surface area contributed by atoms with Crippen molar-refractivity contribution in [1.29, 1.82) is 0 Å². The van der Waals surface area contributed by atoms with Gasteiger partial charge in [0, 0.05) is 24.2 Å². The lowest BCUT2D eigenvalue weighted by molar-refractivity contribution is -0.145. The van der Waals surface area contributed by atoms with Crippen LogP contribution >= 0.6 is 0 Å². The zero-order valence-electron chi connectivity index (χ0n) is 16.0. The predicted molar refractivity (Wildman–Crippen MR) is 102 cm³/mol. The first-order chi connectivity index (χ1) is 12.5. The summed E-state index contributed by atoms with van der Waals surface area (Å²) in [5.74, 6) is -0.580. The summed E-state index contributed by atoms with van der Waals surface area (Å²) in [5.41, 5.74) is 5.78. The molecule has 1 aromatic heterocycles. The number of rotatable bonds is 8. The van der Waals surface area contributed by atoms with Crippen molar-refractivity contribution in [3.63, 3.8) is 0 Å². The third-order valence-corrected chi connectivity index (χ3v) is 4.76. The van der Waals surface area contributed by atoms with Crippen molar-refractivity contribution in [2.24, 2.45) is 0 Å². The highest BCUT2D eigenvalue weighted by Gasteiger charge is 2.22. The van der Waals surface area contributed by atoms with Gasteiger partial charge < -0.3 is 15.0 Å². The molecular weight excluding hydrogens is 328 g/mol. The summed E-state index contributed by atoms with van der Waals surface area (Å²) in [6, 6.07) is 8.92. The highest BCUT2D eigenvalue weighted by molar-refractivity contribution is 5.84. The maximum Gasteiger partial charge on any atom is 0.328 e. The van der Waals surface area contributed by atoms with Crippen LogP contribution in [0.3, 0.4) is 0 Å². The topological polar surface area (TPSA) is 71.2 Å². The Morgan fingerprint density at radius 3 is 2.46 bits per heavy atom. The summed E-state index contributed by atoms with van der Waals surface area (Å²) in [4.78, 5) is 27.8. The lowest BCUT2D eigenvalue weighted by Gasteiger charge is -2.16. The minimum absolute atomic E-state index is 0.152. The number of aryl methyl sites for hydroxylation is 2. The Bertz CT molecular complexity index is 750. The van der Waals surface area contributed by atoms with Crippen molar-refractivity contribution < 1.29 is 14.3 Å². The van der Waals surface area contributed by atoms with Gasteiger partial charge in [-0.15, -0.1) is 0 Å². The van der Waals surface area contributed by atoms with Gasteiger partial charge in [0.1, 0.15) is 6.04 Å². The van der Waals surface area contributed by atoms with Gasteiger partial charge in [0.15, 0.2) is 0 Å². The number of esters is 1. The quantitative estimate of drug-likeness (QED) is 0.714. The van der Waals surface area contributed by atoms with Gasteiger partial charge in [0.05, 0.1) is 7.11 Å². The Balaban J connectivity index is 1.98.